The molecule has 1 heterocycles. The van der Waals surface area contributed by atoms with Gasteiger partial charge in [-0.25, -0.2) is 0 Å². The summed E-state index contributed by atoms with van der Waals surface area (Å²) in [6, 6.07) is 20.6. The van der Waals surface area contributed by atoms with Gasteiger partial charge in [-0.05, 0) is 24.5 Å². The van der Waals surface area contributed by atoms with E-state index in [0.717, 1.165) is 6.42 Å². The van der Waals surface area contributed by atoms with E-state index in [-0.39, 0.29) is 30.3 Å². The van der Waals surface area contributed by atoms with Gasteiger partial charge in [0.25, 0.3) is 0 Å². The Morgan fingerprint density at radius 3 is 1.77 bits per heavy atom. The monoisotopic (exact) mass is 354 g/mol. The minimum Gasteiger partial charge on any atom is -0.372 e. The van der Waals surface area contributed by atoms with Crippen molar-refractivity contribution in [2.45, 2.75) is 64.8 Å². The number of hydrogen-bond acceptors (Lipinski definition) is 3. The van der Waals surface area contributed by atoms with Crippen LogP contribution in [0.4, 0.5) is 0 Å². The first-order chi connectivity index (χ1) is 12.7. The molecule has 1 aliphatic heterocycles. The van der Waals surface area contributed by atoms with E-state index in [1.54, 1.807) is 0 Å². The lowest BCUT2D eigenvalue weighted by Crippen LogP contribution is -2.54. The smallest absolute Gasteiger partial charge is 0.111 e. The Morgan fingerprint density at radius 2 is 1.27 bits per heavy atom. The van der Waals surface area contributed by atoms with E-state index in [4.69, 9.17) is 14.2 Å². The number of rotatable bonds is 7. The van der Waals surface area contributed by atoms with Gasteiger partial charge < -0.3 is 14.2 Å². The lowest BCUT2D eigenvalue weighted by Gasteiger charge is -2.44. The third-order valence-corrected chi connectivity index (χ3v) is 5.31. The Morgan fingerprint density at radius 1 is 0.769 bits per heavy atom. The molecule has 0 radical (unpaired) electrons. The van der Waals surface area contributed by atoms with Crippen LogP contribution in [-0.4, -0.2) is 24.4 Å². The fourth-order valence-corrected chi connectivity index (χ4v) is 3.57. The molecule has 0 N–H and O–H groups in total. The van der Waals surface area contributed by atoms with Crippen molar-refractivity contribution >= 4 is 0 Å². The quantitative estimate of drug-likeness (QED) is 0.701. The molecule has 5 atom stereocenters. The highest BCUT2D eigenvalue weighted by Gasteiger charge is 2.42. The Labute approximate surface area is 157 Å². The standard InChI is InChI=1S/C23H30O3/c1-4-21-23(25-16-20-13-9-6-10-14-20)22(17(2)18(3)26-21)24-15-19-11-7-5-8-12-19/h5-14,17-18,21-23H,4,15-16H2,1-3H3/t17?,18-,21?,22-,23-/m0/s1. The summed E-state index contributed by atoms with van der Waals surface area (Å²) in [7, 11) is 0. The molecule has 3 rings (SSSR count). The van der Waals surface area contributed by atoms with Crippen molar-refractivity contribution in [2.75, 3.05) is 0 Å². The molecule has 0 aliphatic carbocycles. The average molecular weight is 354 g/mol. The van der Waals surface area contributed by atoms with Crippen molar-refractivity contribution in [3.8, 4) is 0 Å². The molecule has 0 amide bonds. The third-order valence-electron chi connectivity index (χ3n) is 5.31. The summed E-state index contributed by atoms with van der Waals surface area (Å²) < 4.78 is 18.9. The highest BCUT2D eigenvalue weighted by Crippen LogP contribution is 2.32. The largest absolute Gasteiger partial charge is 0.372 e. The number of benzene rings is 2. The van der Waals surface area contributed by atoms with Crippen LogP contribution in [-0.2, 0) is 27.4 Å². The van der Waals surface area contributed by atoms with Gasteiger partial charge in [0, 0.05) is 5.92 Å². The van der Waals surface area contributed by atoms with Gasteiger partial charge >= 0.3 is 0 Å². The van der Waals surface area contributed by atoms with E-state index in [2.05, 4.69) is 45.0 Å². The van der Waals surface area contributed by atoms with Crippen LogP contribution < -0.4 is 0 Å². The first-order valence-corrected chi connectivity index (χ1v) is 9.65. The Kier molecular flexibility index (Phi) is 6.84. The summed E-state index contributed by atoms with van der Waals surface area (Å²) in [5.41, 5.74) is 2.36. The maximum absolute atomic E-state index is 6.38. The van der Waals surface area contributed by atoms with Gasteiger partial charge in [-0.1, -0.05) is 74.5 Å². The van der Waals surface area contributed by atoms with Crippen LogP contribution >= 0.6 is 0 Å². The Hall–Kier alpha value is -1.68. The molecular weight excluding hydrogens is 324 g/mol. The highest BCUT2D eigenvalue weighted by molar-refractivity contribution is 5.14. The van der Waals surface area contributed by atoms with Gasteiger partial charge in [0.2, 0.25) is 0 Å². The summed E-state index contributed by atoms with van der Waals surface area (Å²) in [5.74, 6) is 0.280. The molecule has 2 aromatic rings. The van der Waals surface area contributed by atoms with Crippen molar-refractivity contribution in [1.82, 2.24) is 0 Å². The molecule has 2 aromatic carbocycles. The average Bonchev–Trinajstić information content (AvgIpc) is 2.69. The number of ether oxygens (including phenoxy) is 3. The van der Waals surface area contributed by atoms with E-state index in [0.29, 0.717) is 13.2 Å². The van der Waals surface area contributed by atoms with Crippen LogP contribution in [0.1, 0.15) is 38.3 Å². The van der Waals surface area contributed by atoms with Crippen molar-refractivity contribution < 1.29 is 14.2 Å². The van der Waals surface area contributed by atoms with Crippen LogP contribution in [0, 0.1) is 5.92 Å². The second-order valence-electron chi connectivity index (χ2n) is 7.17. The van der Waals surface area contributed by atoms with Crippen molar-refractivity contribution in [2.24, 2.45) is 5.92 Å². The molecule has 1 fully saturated rings. The Bertz CT molecular complexity index is 600. The predicted molar refractivity (Wildman–Crippen MR) is 104 cm³/mol. The molecule has 3 heteroatoms. The van der Waals surface area contributed by atoms with Gasteiger partial charge in [-0.3, -0.25) is 0 Å². The summed E-state index contributed by atoms with van der Waals surface area (Å²) >= 11 is 0. The van der Waals surface area contributed by atoms with E-state index in [1.165, 1.54) is 11.1 Å². The maximum Gasteiger partial charge on any atom is 0.111 e. The SMILES string of the molecule is CCC1O[C@@H](C)C(C)[C@H](OCc2ccccc2)[C@H]1OCc1ccccc1. The second-order valence-corrected chi connectivity index (χ2v) is 7.17. The van der Waals surface area contributed by atoms with E-state index in [9.17, 15) is 0 Å². The third kappa shape index (κ3) is 4.73. The Balaban J connectivity index is 1.71. The summed E-state index contributed by atoms with van der Waals surface area (Å²) in [4.78, 5) is 0. The molecule has 1 aliphatic rings. The summed E-state index contributed by atoms with van der Waals surface area (Å²) in [6.07, 6.45) is 1.10. The zero-order chi connectivity index (χ0) is 18.4. The van der Waals surface area contributed by atoms with Crippen molar-refractivity contribution in [1.29, 1.82) is 0 Å². The van der Waals surface area contributed by atoms with Gasteiger partial charge in [0.05, 0.1) is 31.5 Å². The topological polar surface area (TPSA) is 27.7 Å². The zero-order valence-electron chi connectivity index (χ0n) is 16.0. The normalized spacial score (nSPS) is 28.8. The second kappa shape index (κ2) is 9.31. The van der Waals surface area contributed by atoms with Gasteiger partial charge in [-0.2, -0.15) is 0 Å². The molecule has 140 valence electrons. The fraction of sp³-hybridized carbons (Fsp3) is 0.478. The first kappa shape index (κ1) is 19.1. The van der Waals surface area contributed by atoms with E-state index < -0.39 is 0 Å². The zero-order valence-corrected chi connectivity index (χ0v) is 16.0. The van der Waals surface area contributed by atoms with Crippen LogP contribution in [0.5, 0.6) is 0 Å². The molecule has 0 saturated carbocycles. The van der Waals surface area contributed by atoms with E-state index >= 15 is 0 Å². The van der Waals surface area contributed by atoms with E-state index in [1.807, 2.05) is 36.4 Å². The lowest BCUT2D eigenvalue weighted by molar-refractivity contribution is -0.228. The molecule has 0 aromatic heterocycles. The first-order valence-electron chi connectivity index (χ1n) is 9.65. The van der Waals surface area contributed by atoms with Crippen LogP contribution in [0.2, 0.25) is 0 Å². The molecule has 2 unspecified atom stereocenters. The highest BCUT2D eigenvalue weighted by atomic mass is 16.6. The molecule has 0 spiro atoms. The van der Waals surface area contributed by atoms with Gasteiger partial charge in [-0.15, -0.1) is 0 Å². The predicted octanol–water partition coefficient (Wildman–Crippen LogP) is 4.99. The minimum atomic E-state index is -0.0601. The van der Waals surface area contributed by atoms with Gasteiger partial charge in [0.1, 0.15) is 6.10 Å². The van der Waals surface area contributed by atoms with Crippen molar-refractivity contribution in [3.05, 3.63) is 71.8 Å². The molecule has 3 nitrogen and oxygen atoms in total. The fourth-order valence-electron chi connectivity index (χ4n) is 3.57. The number of hydrogen-bond donors (Lipinski definition) is 0. The van der Waals surface area contributed by atoms with Crippen molar-refractivity contribution in [3.63, 3.8) is 0 Å². The molecular formula is C23H30O3. The van der Waals surface area contributed by atoms with Crippen LogP contribution in [0.3, 0.4) is 0 Å². The minimum absolute atomic E-state index is 0.0209. The molecule has 0 bridgehead atoms. The maximum atomic E-state index is 6.38. The lowest BCUT2D eigenvalue weighted by atomic mass is 9.87. The van der Waals surface area contributed by atoms with Crippen LogP contribution in [0.15, 0.2) is 60.7 Å². The van der Waals surface area contributed by atoms with Gasteiger partial charge in [0.15, 0.2) is 0 Å². The summed E-state index contributed by atoms with van der Waals surface area (Å²) in [6.45, 7) is 7.67. The molecule has 1 saturated heterocycles. The molecule has 26 heavy (non-hydrogen) atoms. The van der Waals surface area contributed by atoms with Crippen LogP contribution in [0.25, 0.3) is 0 Å². The summed E-state index contributed by atoms with van der Waals surface area (Å²) in [5, 5.41) is 0.